The van der Waals surface area contributed by atoms with Crippen molar-refractivity contribution in [2.45, 2.75) is 18.9 Å². The largest absolute Gasteiger partial charge is 0.495 e. The van der Waals surface area contributed by atoms with Gasteiger partial charge in [0.2, 0.25) is 5.91 Å². The molecule has 1 saturated heterocycles. The van der Waals surface area contributed by atoms with E-state index in [2.05, 4.69) is 51.5 Å². The summed E-state index contributed by atoms with van der Waals surface area (Å²) in [6.45, 7) is 3.05. The lowest BCUT2D eigenvalue weighted by Crippen LogP contribution is -2.61. The predicted octanol–water partition coefficient (Wildman–Crippen LogP) is 4.58. The average molecular weight is 476 g/mol. The molecule has 1 amide bonds. The Morgan fingerprint density at radius 3 is 2.65 bits per heavy atom. The van der Waals surface area contributed by atoms with Crippen LogP contribution in [0, 0.1) is 5.92 Å². The second-order valence-electron chi connectivity index (χ2n) is 8.99. The molecule has 5 rings (SSSR count). The normalized spacial score (nSPS) is 19.2. The van der Waals surface area contributed by atoms with Crippen molar-refractivity contribution in [2.24, 2.45) is 5.92 Å². The van der Waals surface area contributed by atoms with Crippen LogP contribution in [-0.2, 0) is 17.6 Å². The lowest BCUT2D eigenvalue weighted by molar-refractivity contribution is -0.125. The number of carbonyl (C=O) groups excluding carboxylic acids is 1. The molecule has 0 aromatic heterocycles. The van der Waals surface area contributed by atoms with Crippen LogP contribution in [0.4, 0.5) is 11.4 Å². The van der Waals surface area contributed by atoms with E-state index in [1.165, 1.54) is 16.8 Å². The molecule has 0 bridgehead atoms. The van der Waals surface area contributed by atoms with Crippen molar-refractivity contribution in [3.8, 4) is 5.75 Å². The van der Waals surface area contributed by atoms with E-state index < -0.39 is 0 Å². The fourth-order valence-electron chi connectivity index (χ4n) is 5.29. The van der Waals surface area contributed by atoms with Gasteiger partial charge in [0.1, 0.15) is 5.75 Å². The van der Waals surface area contributed by atoms with E-state index in [-0.39, 0.29) is 17.9 Å². The zero-order chi connectivity index (χ0) is 23.5. The van der Waals surface area contributed by atoms with Crippen LogP contribution >= 0.6 is 11.6 Å². The number of anilines is 2. The number of hydrogen-bond acceptors (Lipinski definition) is 4. The Hall–Kier alpha value is -3.18. The molecule has 0 unspecified atom stereocenters. The highest BCUT2D eigenvalue weighted by Crippen LogP contribution is 2.39. The molecular weight excluding hydrogens is 446 g/mol. The summed E-state index contributed by atoms with van der Waals surface area (Å²) < 4.78 is 5.62. The Balaban J connectivity index is 1.37. The molecule has 1 fully saturated rings. The van der Waals surface area contributed by atoms with Gasteiger partial charge in [-0.3, -0.25) is 4.79 Å². The number of nitrogens with one attached hydrogen (secondary N) is 1. The predicted molar refractivity (Wildman–Crippen MR) is 138 cm³/mol. The van der Waals surface area contributed by atoms with Crippen molar-refractivity contribution in [3.05, 3.63) is 88.9 Å². The maximum absolute atomic E-state index is 13.5. The number of ether oxygens (including phenoxy) is 1. The molecule has 2 aliphatic rings. The molecule has 2 atom stereocenters. The van der Waals surface area contributed by atoms with Gasteiger partial charge in [-0.2, -0.15) is 0 Å². The van der Waals surface area contributed by atoms with Crippen LogP contribution < -0.4 is 19.9 Å². The molecule has 1 N–H and O–H groups in total. The van der Waals surface area contributed by atoms with Crippen molar-refractivity contribution >= 4 is 28.9 Å². The van der Waals surface area contributed by atoms with Crippen LogP contribution in [0.25, 0.3) is 0 Å². The summed E-state index contributed by atoms with van der Waals surface area (Å²) in [6, 6.07) is 24.6. The van der Waals surface area contributed by atoms with Gasteiger partial charge in [0.25, 0.3) is 0 Å². The Morgan fingerprint density at radius 1 is 1.03 bits per heavy atom. The number of halogens is 1. The second-order valence-corrected chi connectivity index (χ2v) is 9.43. The summed E-state index contributed by atoms with van der Waals surface area (Å²) in [5.41, 5.74) is 4.71. The summed E-state index contributed by atoms with van der Waals surface area (Å²) in [7, 11) is 1.68. The van der Waals surface area contributed by atoms with Crippen LogP contribution in [0.3, 0.4) is 0 Å². The smallest absolute Gasteiger partial charge is 0.225 e. The van der Waals surface area contributed by atoms with Gasteiger partial charge in [-0.25, -0.2) is 0 Å². The zero-order valence-corrected chi connectivity index (χ0v) is 20.2. The molecule has 0 aliphatic carbocycles. The van der Waals surface area contributed by atoms with Gasteiger partial charge in [-0.1, -0.05) is 60.1 Å². The molecule has 34 heavy (non-hydrogen) atoms. The fourth-order valence-corrected chi connectivity index (χ4v) is 5.46. The standard InChI is InChI=1S/C28H30ClN3O2/c1-34-27-12-11-22(29)18-25(27)31-15-16-32-24-10-6-5-9-21(24)17-23(26(32)19-31)28(33)30-14-13-20-7-3-2-4-8-20/h2-12,18,23,26H,13-17,19H2,1H3,(H,30,33)/t23-,26-/m1/s1. The van der Waals surface area contributed by atoms with Crippen molar-refractivity contribution in [1.82, 2.24) is 5.32 Å². The monoisotopic (exact) mass is 475 g/mol. The zero-order valence-electron chi connectivity index (χ0n) is 19.4. The Labute approximate surface area is 206 Å². The summed E-state index contributed by atoms with van der Waals surface area (Å²) in [5.74, 6) is 0.803. The van der Waals surface area contributed by atoms with Crippen LogP contribution in [-0.4, -0.2) is 45.2 Å². The highest BCUT2D eigenvalue weighted by atomic mass is 35.5. The number of hydrogen-bond donors (Lipinski definition) is 1. The third-order valence-corrected chi connectivity index (χ3v) is 7.23. The average Bonchev–Trinajstić information content (AvgIpc) is 2.88. The Morgan fingerprint density at radius 2 is 1.82 bits per heavy atom. The minimum absolute atomic E-state index is 0.0732. The molecule has 2 heterocycles. The number of piperazine rings is 1. The summed E-state index contributed by atoms with van der Waals surface area (Å²) in [5, 5.41) is 3.90. The maximum Gasteiger partial charge on any atom is 0.225 e. The van der Waals surface area contributed by atoms with E-state index >= 15 is 0 Å². The SMILES string of the molecule is COc1ccc(Cl)cc1N1CCN2c3ccccc3C[C@@H](C(=O)NCCc3ccccc3)[C@H]2C1. The first-order valence-electron chi connectivity index (χ1n) is 11.9. The minimum Gasteiger partial charge on any atom is -0.495 e. The van der Waals surface area contributed by atoms with Gasteiger partial charge < -0.3 is 19.9 Å². The van der Waals surface area contributed by atoms with Gasteiger partial charge >= 0.3 is 0 Å². The van der Waals surface area contributed by atoms with Crippen molar-refractivity contribution in [1.29, 1.82) is 0 Å². The first kappa shape index (κ1) is 22.6. The van der Waals surface area contributed by atoms with E-state index in [0.29, 0.717) is 11.6 Å². The lowest BCUT2D eigenvalue weighted by Gasteiger charge is -2.49. The molecule has 3 aromatic carbocycles. The van der Waals surface area contributed by atoms with Crippen LogP contribution in [0.15, 0.2) is 72.8 Å². The van der Waals surface area contributed by atoms with Crippen molar-refractivity contribution in [2.75, 3.05) is 43.1 Å². The molecule has 176 valence electrons. The van der Waals surface area contributed by atoms with E-state index in [1.807, 2.05) is 36.4 Å². The summed E-state index contributed by atoms with van der Waals surface area (Å²) >= 11 is 6.33. The number of methoxy groups -OCH3 is 1. The Bertz CT molecular complexity index is 1150. The number of para-hydroxylation sites is 1. The first-order valence-corrected chi connectivity index (χ1v) is 12.3. The van der Waals surface area contributed by atoms with Crippen LogP contribution in [0.2, 0.25) is 5.02 Å². The molecule has 5 nitrogen and oxygen atoms in total. The molecule has 3 aromatic rings. The molecule has 0 saturated carbocycles. The van der Waals surface area contributed by atoms with Crippen molar-refractivity contribution in [3.63, 3.8) is 0 Å². The molecule has 6 heteroatoms. The fraction of sp³-hybridized carbons (Fsp3) is 0.321. The van der Waals surface area contributed by atoms with E-state index in [4.69, 9.17) is 16.3 Å². The number of fused-ring (bicyclic) bond motifs is 3. The van der Waals surface area contributed by atoms with Crippen LogP contribution in [0.1, 0.15) is 11.1 Å². The summed E-state index contributed by atoms with van der Waals surface area (Å²) in [6.07, 6.45) is 1.57. The number of carbonyl (C=O) groups is 1. The lowest BCUT2D eigenvalue weighted by atomic mass is 9.83. The quantitative estimate of drug-likeness (QED) is 0.567. The first-order chi connectivity index (χ1) is 16.6. The van der Waals surface area contributed by atoms with Gasteiger partial charge in [-0.15, -0.1) is 0 Å². The molecular formula is C28H30ClN3O2. The second kappa shape index (κ2) is 9.98. The number of benzene rings is 3. The molecule has 0 radical (unpaired) electrons. The van der Waals surface area contributed by atoms with E-state index in [1.54, 1.807) is 7.11 Å². The van der Waals surface area contributed by atoms with Gasteiger partial charge in [0.05, 0.1) is 24.8 Å². The van der Waals surface area contributed by atoms with Gasteiger partial charge in [0, 0.05) is 36.9 Å². The highest BCUT2D eigenvalue weighted by Gasteiger charge is 2.41. The maximum atomic E-state index is 13.5. The summed E-state index contributed by atoms with van der Waals surface area (Å²) in [4.78, 5) is 18.2. The number of amides is 1. The third kappa shape index (κ3) is 4.58. The number of nitrogens with zero attached hydrogens (tertiary/aromatic N) is 2. The number of rotatable bonds is 6. The molecule has 2 aliphatic heterocycles. The highest BCUT2D eigenvalue weighted by molar-refractivity contribution is 6.31. The van der Waals surface area contributed by atoms with Crippen LogP contribution in [0.5, 0.6) is 5.75 Å². The van der Waals surface area contributed by atoms with E-state index in [0.717, 1.165) is 43.9 Å². The van der Waals surface area contributed by atoms with E-state index in [9.17, 15) is 4.79 Å². The van der Waals surface area contributed by atoms with Gasteiger partial charge in [0.15, 0.2) is 0 Å². The van der Waals surface area contributed by atoms with Crippen molar-refractivity contribution < 1.29 is 9.53 Å². The molecule has 0 spiro atoms. The minimum atomic E-state index is -0.126. The topological polar surface area (TPSA) is 44.8 Å². The third-order valence-electron chi connectivity index (χ3n) is 7.00. The van der Waals surface area contributed by atoms with Gasteiger partial charge in [-0.05, 0) is 48.2 Å². The Kier molecular flexibility index (Phi) is 6.63.